The Hall–Kier alpha value is -0.650. The topological polar surface area (TPSA) is 58.8 Å². The van der Waals surface area contributed by atoms with Gasteiger partial charge in [-0.05, 0) is 14.0 Å². The lowest BCUT2D eigenvalue weighted by Crippen LogP contribution is -2.56. The smallest absolute Gasteiger partial charge is 0.232 e. The molecule has 2 aliphatic rings. The van der Waals surface area contributed by atoms with E-state index in [4.69, 9.17) is 10.5 Å². The third kappa shape index (κ3) is 1.95. The molecule has 2 saturated heterocycles. The second-order valence-corrected chi connectivity index (χ2v) is 5.13. The van der Waals surface area contributed by atoms with Gasteiger partial charge in [-0.3, -0.25) is 4.79 Å². The molecule has 0 saturated carbocycles. The predicted octanol–water partition coefficient (Wildman–Crippen LogP) is -0.876. The largest absolute Gasteiger partial charge is 0.379 e. The van der Waals surface area contributed by atoms with Crippen molar-refractivity contribution in [2.24, 2.45) is 11.1 Å². The standard InChI is InChI=1S/C11H21N3O2/c1-11(8-16-7-9(11)12)10(15)14-5-3-13(2)4-6-14/h9H,3-8,12H2,1-2H3. The summed E-state index contributed by atoms with van der Waals surface area (Å²) in [5.41, 5.74) is 5.45. The number of carbonyl (C=O) groups is 1. The van der Waals surface area contributed by atoms with Crippen LogP contribution in [0.4, 0.5) is 0 Å². The second-order valence-electron chi connectivity index (χ2n) is 5.13. The maximum Gasteiger partial charge on any atom is 0.232 e. The van der Waals surface area contributed by atoms with E-state index in [0.29, 0.717) is 13.2 Å². The molecule has 0 bridgehead atoms. The van der Waals surface area contributed by atoms with E-state index in [1.807, 2.05) is 11.8 Å². The van der Waals surface area contributed by atoms with Gasteiger partial charge in [0.2, 0.25) is 5.91 Å². The van der Waals surface area contributed by atoms with Crippen LogP contribution < -0.4 is 5.73 Å². The van der Waals surface area contributed by atoms with Crippen LogP contribution in [0.1, 0.15) is 6.92 Å². The van der Waals surface area contributed by atoms with Crippen LogP contribution in [-0.2, 0) is 9.53 Å². The molecular weight excluding hydrogens is 206 g/mol. The highest BCUT2D eigenvalue weighted by atomic mass is 16.5. The van der Waals surface area contributed by atoms with Crippen molar-refractivity contribution in [1.29, 1.82) is 0 Å². The zero-order valence-electron chi connectivity index (χ0n) is 10.1. The summed E-state index contributed by atoms with van der Waals surface area (Å²) >= 11 is 0. The Bertz CT molecular complexity index is 276. The van der Waals surface area contributed by atoms with Crippen LogP contribution in [0.5, 0.6) is 0 Å². The zero-order chi connectivity index (χ0) is 11.8. The average Bonchev–Trinajstić information content (AvgIpc) is 2.61. The Morgan fingerprint density at radius 2 is 2.00 bits per heavy atom. The first-order chi connectivity index (χ1) is 7.54. The molecule has 16 heavy (non-hydrogen) atoms. The van der Waals surface area contributed by atoms with Gasteiger partial charge in [0.05, 0.1) is 18.6 Å². The fourth-order valence-corrected chi connectivity index (χ4v) is 2.28. The number of hydrogen-bond acceptors (Lipinski definition) is 4. The van der Waals surface area contributed by atoms with Crippen molar-refractivity contribution in [3.8, 4) is 0 Å². The molecule has 0 radical (unpaired) electrons. The van der Waals surface area contributed by atoms with Crippen molar-refractivity contribution in [1.82, 2.24) is 9.80 Å². The maximum atomic E-state index is 12.4. The van der Waals surface area contributed by atoms with E-state index < -0.39 is 5.41 Å². The first-order valence-corrected chi connectivity index (χ1v) is 5.85. The summed E-state index contributed by atoms with van der Waals surface area (Å²) in [6.45, 7) is 6.37. The van der Waals surface area contributed by atoms with Crippen LogP contribution in [0.2, 0.25) is 0 Å². The van der Waals surface area contributed by atoms with Crippen molar-refractivity contribution in [2.75, 3.05) is 46.4 Å². The molecular formula is C11H21N3O2. The van der Waals surface area contributed by atoms with Crippen molar-refractivity contribution in [2.45, 2.75) is 13.0 Å². The number of nitrogens with two attached hydrogens (primary N) is 1. The van der Waals surface area contributed by atoms with Gasteiger partial charge in [0.25, 0.3) is 0 Å². The van der Waals surface area contributed by atoms with Gasteiger partial charge in [0.15, 0.2) is 0 Å². The van der Waals surface area contributed by atoms with E-state index in [1.54, 1.807) is 0 Å². The number of amides is 1. The van der Waals surface area contributed by atoms with E-state index in [1.165, 1.54) is 0 Å². The summed E-state index contributed by atoms with van der Waals surface area (Å²) in [6, 6.07) is -0.167. The van der Waals surface area contributed by atoms with Crippen LogP contribution in [0.15, 0.2) is 0 Å². The molecule has 2 N–H and O–H groups in total. The molecule has 0 spiro atoms. The fourth-order valence-electron chi connectivity index (χ4n) is 2.28. The molecule has 0 aromatic heterocycles. The van der Waals surface area contributed by atoms with Gasteiger partial charge in [0, 0.05) is 32.2 Å². The van der Waals surface area contributed by atoms with Gasteiger partial charge in [0.1, 0.15) is 0 Å². The minimum atomic E-state index is -0.518. The van der Waals surface area contributed by atoms with E-state index >= 15 is 0 Å². The lowest BCUT2D eigenvalue weighted by atomic mass is 9.84. The summed E-state index contributed by atoms with van der Waals surface area (Å²) in [7, 11) is 2.08. The van der Waals surface area contributed by atoms with Gasteiger partial charge >= 0.3 is 0 Å². The molecule has 5 nitrogen and oxygen atoms in total. The number of carbonyl (C=O) groups excluding carboxylic acids is 1. The SMILES string of the molecule is CN1CCN(C(=O)C2(C)COCC2N)CC1. The van der Waals surface area contributed by atoms with Crippen LogP contribution in [0.25, 0.3) is 0 Å². The van der Waals surface area contributed by atoms with E-state index in [0.717, 1.165) is 26.2 Å². The van der Waals surface area contributed by atoms with Gasteiger partial charge in [-0.15, -0.1) is 0 Å². The predicted molar refractivity (Wildman–Crippen MR) is 61.0 cm³/mol. The minimum Gasteiger partial charge on any atom is -0.379 e. The third-order valence-electron chi connectivity index (χ3n) is 3.80. The molecule has 0 aliphatic carbocycles. The van der Waals surface area contributed by atoms with E-state index in [2.05, 4.69) is 11.9 Å². The molecule has 2 atom stereocenters. The first kappa shape index (κ1) is 11.8. The summed E-state index contributed by atoms with van der Waals surface area (Å²) in [5.74, 6) is 0.158. The summed E-state index contributed by atoms with van der Waals surface area (Å²) in [6.07, 6.45) is 0. The van der Waals surface area contributed by atoms with Gasteiger partial charge < -0.3 is 20.3 Å². The number of piperazine rings is 1. The van der Waals surface area contributed by atoms with Gasteiger partial charge in [-0.25, -0.2) is 0 Å². The number of hydrogen-bond donors (Lipinski definition) is 1. The summed E-state index contributed by atoms with van der Waals surface area (Å²) in [4.78, 5) is 16.5. The van der Waals surface area contributed by atoms with Crippen molar-refractivity contribution in [3.05, 3.63) is 0 Å². The van der Waals surface area contributed by atoms with Gasteiger partial charge in [-0.2, -0.15) is 0 Å². The summed E-state index contributed by atoms with van der Waals surface area (Å²) < 4.78 is 5.32. The molecule has 5 heteroatoms. The lowest BCUT2D eigenvalue weighted by molar-refractivity contribution is -0.143. The number of nitrogens with zero attached hydrogens (tertiary/aromatic N) is 2. The Labute approximate surface area is 96.5 Å². The molecule has 1 amide bonds. The highest BCUT2D eigenvalue weighted by molar-refractivity contribution is 5.83. The maximum absolute atomic E-state index is 12.4. The molecule has 0 aromatic rings. The van der Waals surface area contributed by atoms with E-state index in [-0.39, 0.29) is 11.9 Å². The number of likely N-dealkylation sites (N-methyl/N-ethyl adjacent to an activating group) is 1. The summed E-state index contributed by atoms with van der Waals surface area (Å²) in [5, 5.41) is 0. The molecule has 2 heterocycles. The highest BCUT2D eigenvalue weighted by Gasteiger charge is 2.46. The van der Waals surface area contributed by atoms with E-state index in [9.17, 15) is 4.79 Å². The fraction of sp³-hybridized carbons (Fsp3) is 0.909. The lowest BCUT2D eigenvalue weighted by Gasteiger charge is -2.38. The van der Waals surface area contributed by atoms with Gasteiger partial charge in [-0.1, -0.05) is 0 Å². The molecule has 92 valence electrons. The normalized spacial score (nSPS) is 36.7. The van der Waals surface area contributed by atoms with Crippen molar-refractivity contribution in [3.63, 3.8) is 0 Å². The molecule has 0 aromatic carbocycles. The van der Waals surface area contributed by atoms with Crippen LogP contribution in [0, 0.1) is 5.41 Å². The monoisotopic (exact) mass is 227 g/mol. The Balaban J connectivity index is 2.01. The number of rotatable bonds is 1. The van der Waals surface area contributed by atoms with Crippen molar-refractivity contribution < 1.29 is 9.53 Å². The highest BCUT2D eigenvalue weighted by Crippen LogP contribution is 2.29. The Morgan fingerprint density at radius 3 is 2.50 bits per heavy atom. The number of ether oxygens (including phenoxy) is 1. The molecule has 2 fully saturated rings. The van der Waals surface area contributed by atoms with Crippen molar-refractivity contribution >= 4 is 5.91 Å². The Morgan fingerprint density at radius 1 is 1.38 bits per heavy atom. The zero-order valence-corrected chi connectivity index (χ0v) is 10.1. The van der Waals surface area contributed by atoms with Crippen LogP contribution in [0.3, 0.4) is 0 Å². The van der Waals surface area contributed by atoms with Crippen LogP contribution >= 0.6 is 0 Å². The molecule has 2 rings (SSSR count). The first-order valence-electron chi connectivity index (χ1n) is 5.85. The Kier molecular flexibility index (Phi) is 3.19. The average molecular weight is 227 g/mol. The van der Waals surface area contributed by atoms with Crippen LogP contribution in [-0.4, -0.2) is 68.2 Å². The molecule has 2 aliphatic heterocycles. The second kappa shape index (κ2) is 4.31. The third-order valence-corrected chi connectivity index (χ3v) is 3.80. The molecule has 2 unspecified atom stereocenters. The minimum absolute atomic E-state index is 0.158. The quantitative estimate of drug-likeness (QED) is 0.632.